The summed E-state index contributed by atoms with van der Waals surface area (Å²) in [7, 11) is 4.04. The number of anilines is 2. The molecule has 122 valence electrons. The van der Waals surface area contributed by atoms with Crippen molar-refractivity contribution < 1.29 is 8.81 Å². The Hall–Kier alpha value is -2.93. The first-order valence-corrected chi connectivity index (χ1v) is 7.53. The van der Waals surface area contributed by atoms with Crippen LogP contribution in [0.25, 0.3) is 22.1 Å². The lowest BCUT2D eigenvalue weighted by Crippen LogP contribution is -2.10. The summed E-state index contributed by atoms with van der Waals surface area (Å²) in [4.78, 5) is 13.9. The molecule has 0 aliphatic rings. The molecule has 4 rings (SSSR count). The Morgan fingerprint density at radius 1 is 1.12 bits per heavy atom. The number of benzene rings is 2. The van der Waals surface area contributed by atoms with Crippen molar-refractivity contribution in [3.8, 4) is 0 Å². The Labute approximate surface area is 137 Å². The van der Waals surface area contributed by atoms with E-state index in [4.69, 9.17) is 4.42 Å². The summed E-state index contributed by atoms with van der Waals surface area (Å²) in [5, 5.41) is 2.99. The lowest BCUT2D eigenvalue weighted by molar-refractivity contribution is 0.402. The molecule has 0 spiro atoms. The van der Waals surface area contributed by atoms with E-state index < -0.39 is 0 Å². The number of rotatable bonds is 4. The molecule has 0 atom stereocenters. The van der Waals surface area contributed by atoms with E-state index in [0.717, 1.165) is 17.6 Å². The first-order valence-electron chi connectivity index (χ1n) is 7.53. The van der Waals surface area contributed by atoms with Crippen molar-refractivity contribution in [1.82, 2.24) is 19.9 Å². The van der Waals surface area contributed by atoms with E-state index in [0.29, 0.717) is 28.6 Å². The molecule has 0 radical (unpaired) electrons. The van der Waals surface area contributed by atoms with Crippen LogP contribution < -0.4 is 5.32 Å². The molecule has 0 saturated carbocycles. The SMILES string of the molecule is CN(C)Cc1ccc2oc(Nc3nc4ccc(F)cc4[nH]3)nc2c1. The summed E-state index contributed by atoms with van der Waals surface area (Å²) >= 11 is 0. The molecule has 0 aliphatic carbocycles. The lowest BCUT2D eigenvalue weighted by atomic mass is 10.2. The average Bonchev–Trinajstić information content (AvgIpc) is 3.08. The highest BCUT2D eigenvalue weighted by atomic mass is 19.1. The molecular weight excluding hydrogens is 309 g/mol. The van der Waals surface area contributed by atoms with Crippen LogP contribution in [0.4, 0.5) is 16.4 Å². The second-order valence-electron chi connectivity index (χ2n) is 5.93. The Morgan fingerprint density at radius 3 is 2.83 bits per heavy atom. The molecule has 24 heavy (non-hydrogen) atoms. The topological polar surface area (TPSA) is 70.0 Å². The summed E-state index contributed by atoms with van der Waals surface area (Å²) in [5.74, 6) is 0.142. The molecule has 7 heteroatoms. The van der Waals surface area contributed by atoms with Gasteiger partial charge >= 0.3 is 6.01 Å². The number of aromatic amines is 1. The number of aromatic nitrogens is 3. The number of nitrogens with zero attached hydrogens (tertiary/aromatic N) is 3. The Morgan fingerprint density at radius 2 is 2.00 bits per heavy atom. The van der Waals surface area contributed by atoms with Gasteiger partial charge in [-0.3, -0.25) is 5.32 Å². The van der Waals surface area contributed by atoms with Gasteiger partial charge in [-0.05, 0) is 50.0 Å². The van der Waals surface area contributed by atoms with Crippen LogP contribution in [0.5, 0.6) is 0 Å². The van der Waals surface area contributed by atoms with Gasteiger partial charge in [0.05, 0.1) is 11.0 Å². The minimum absolute atomic E-state index is 0.312. The van der Waals surface area contributed by atoms with Gasteiger partial charge in [0.25, 0.3) is 0 Å². The van der Waals surface area contributed by atoms with Gasteiger partial charge in [-0.2, -0.15) is 4.98 Å². The number of H-pyrrole nitrogens is 1. The van der Waals surface area contributed by atoms with Gasteiger partial charge in [0, 0.05) is 6.54 Å². The number of halogens is 1. The fourth-order valence-electron chi connectivity index (χ4n) is 2.63. The molecule has 4 aromatic rings. The van der Waals surface area contributed by atoms with Crippen molar-refractivity contribution in [2.24, 2.45) is 0 Å². The van der Waals surface area contributed by atoms with Gasteiger partial charge < -0.3 is 14.3 Å². The predicted octanol–water partition coefficient (Wildman–Crippen LogP) is 3.65. The first-order chi connectivity index (χ1) is 11.6. The number of nitrogens with one attached hydrogen (secondary N) is 2. The third-order valence-corrected chi connectivity index (χ3v) is 3.62. The maximum atomic E-state index is 13.2. The van der Waals surface area contributed by atoms with Gasteiger partial charge in [0.15, 0.2) is 5.58 Å². The molecule has 2 heterocycles. The van der Waals surface area contributed by atoms with Crippen LogP contribution in [0.3, 0.4) is 0 Å². The molecule has 0 aliphatic heterocycles. The van der Waals surface area contributed by atoms with Gasteiger partial charge in [-0.1, -0.05) is 6.07 Å². The van der Waals surface area contributed by atoms with Crippen LogP contribution in [0.1, 0.15) is 5.56 Å². The van der Waals surface area contributed by atoms with Crippen LogP contribution in [-0.4, -0.2) is 33.9 Å². The minimum Gasteiger partial charge on any atom is -0.423 e. The number of oxazole rings is 1. The van der Waals surface area contributed by atoms with E-state index >= 15 is 0 Å². The maximum absolute atomic E-state index is 13.2. The summed E-state index contributed by atoms with van der Waals surface area (Å²) < 4.78 is 18.9. The van der Waals surface area contributed by atoms with Gasteiger partial charge in [-0.25, -0.2) is 9.37 Å². The predicted molar refractivity (Wildman–Crippen MR) is 90.7 cm³/mol. The van der Waals surface area contributed by atoms with Crippen LogP contribution in [0, 0.1) is 5.82 Å². The van der Waals surface area contributed by atoms with Crippen molar-refractivity contribution in [3.63, 3.8) is 0 Å². The van der Waals surface area contributed by atoms with E-state index in [1.165, 1.54) is 12.1 Å². The molecular formula is C17H16FN5O. The van der Waals surface area contributed by atoms with Crippen LogP contribution >= 0.6 is 0 Å². The number of imidazole rings is 1. The molecule has 2 aromatic heterocycles. The number of hydrogen-bond acceptors (Lipinski definition) is 5. The molecule has 0 amide bonds. The molecule has 0 bridgehead atoms. The molecule has 0 unspecified atom stereocenters. The molecule has 0 saturated heterocycles. The fourth-order valence-corrected chi connectivity index (χ4v) is 2.63. The zero-order chi connectivity index (χ0) is 16.7. The van der Waals surface area contributed by atoms with Crippen molar-refractivity contribution in [2.45, 2.75) is 6.54 Å². The van der Waals surface area contributed by atoms with E-state index in [-0.39, 0.29) is 5.82 Å². The number of hydrogen-bond donors (Lipinski definition) is 2. The van der Waals surface area contributed by atoms with E-state index in [2.05, 4.69) is 25.2 Å². The van der Waals surface area contributed by atoms with Crippen LogP contribution in [0.2, 0.25) is 0 Å². The minimum atomic E-state index is -0.312. The first kappa shape index (κ1) is 14.6. The average molecular weight is 325 g/mol. The van der Waals surface area contributed by atoms with Crippen molar-refractivity contribution in [1.29, 1.82) is 0 Å². The second kappa shape index (κ2) is 5.61. The smallest absolute Gasteiger partial charge is 0.302 e. The largest absolute Gasteiger partial charge is 0.423 e. The standard InChI is InChI=1S/C17H16FN5O/c1-23(2)9-10-3-6-15-14(7-10)21-17(24-15)22-16-19-12-5-4-11(18)8-13(12)20-16/h3-8H,9H2,1-2H3,(H2,19,20,21,22). The normalized spacial score (nSPS) is 11.7. The highest BCUT2D eigenvalue weighted by molar-refractivity contribution is 5.79. The van der Waals surface area contributed by atoms with Crippen LogP contribution in [-0.2, 0) is 6.54 Å². The lowest BCUT2D eigenvalue weighted by Gasteiger charge is -2.08. The van der Waals surface area contributed by atoms with Crippen molar-refractivity contribution >= 4 is 34.1 Å². The summed E-state index contributed by atoms with van der Waals surface area (Å²) in [6.45, 7) is 0.834. The van der Waals surface area contributed by atoms with Crippen LogP contribution in [0.15, 0.2) is 40.8 Å². The van der Waals surface area contributed by atoms with Gasteiger partial charge in [-0.15, -0.1) is 0 Å². The van der Waals surface area contributed by atoms with E-state index in [1.807, 2.05) is 32.3 Å². The van der Waals surface area contributed by atoms with Crippen molar-refractivity contribution in [2.75, 3.05) is 19.4 Å². The Kier molecular flexibility index (Phi) is 3.42. The summed E-state index contributed by atoms with van der Waals surface area (Å²) in [6.07, 6.45) is 0. The summed E-state index contributed by atoms with van der Waals surface area (Å²) in [6, 6.07) is 10.6. The second-order valence-corrected chi connectivity index (χ2v) is 5.93. The quantitative estimate of drug-likeness (QED) is 0.599. The van der Waals surface area contributed by atoms with Gasteiger partial charge in [0.2, 0.25) is 5.95 Å². The van der Waals surface area contributed by atoms with E-state index in [9.17, 15) is 4.39 Å². The molecule has 0 fully saturated rings. The molecule has 2 aromatic carbocycles. The zero-order valence-corrected chi connectivity index (χ0v) is 13.3. The third kappa shape index (κ3) is 2.81. The Balaban J connectivity index is 1.63. The monoisotopic (exact) mass is 325 g/mol. The maximum Gasteiger partial charge on any atom is 0.302 e. The zero-order valence-electron chi connectivity index (χ0n) is 13.3. The molecule has 6 nitrogen and oxygen atoms in total. The third-order valence-electron chi connectivity index (χ3n) is 3.62. The summed E-state index contributed by atoms with van der Waals surface area (Å²) in [5.41, 5.74) is 3.91. The van der Waals surface area contributed by atoms with Gasteiger partial charge in [0.1, 0.15) is 11.3 Å². The fraction of sp³-hybridized carbons (Fsp3) is 0.176. The number of fused-ring (bicyclic) bond motifs is 2. The molecule has 2 N–H and O–H groups in total. The van der Waals surface area contributed by atoms with E-state index in [1.54, 1.807) is 6.07 Å². The Bertz CT molecular complexity index is 1020. The highest BCUT2D eigenvalue weighted by Crippen LogP contribution is 2.23. The highest BCUT2D eigenvalue weighted by Gasteiger charge is 2.10. The van der Waals surface area contributed by atoms with Crippen molar-refractivity contribution in [3.05, 3.63) is 47.8 Å².